The number of amides is 1. The van der Waals surface area contributed by atoms with E-state index in [-0.39, 0.29) is 5.91 Å². The number of benzene rings is 1. The number of nitrogens with two attached hydrogens (primary N) is 1. The Labute approximate surface area is 126 Å². The van der Waals surface area contributed by atoms with E-state index in [4.69, 9.17) is 17.3 Å². The number of carbonyl (C=O) groups excluding carboxylic acids is 1. The van der Waals surface area contributed by atoms with Crippen molar-refractivity contribution in [3.8, 4) is 0 Å². The second-order valence-corrected chi connectivity index (χ2v) is 5.66. The molecule has 3 N–H and O–H groups in total. The number of carbonyl (C=O) groups is 1. The highest BCUT2D eigenvalue weighted by molar-refractivity contribution is 6.33. The van der Waals surface area contributed by atoms with Gasteiger partial charge in [-0.1, -0.05) is 50.6 Å². The molecule has 4 heteroatoms. The van der Waals surface area contributed by atoms with E-state index in [0.29, 0.717) is 17.1 Å². The molecule has 0 aliphatic carbocycles. The van der Waals surface area contributed by atoms with E-state index in [9.17, 15) is 4.79 Å². The van der Waals surface area contributed by atoms with Crippen LogP contribution < -0.4 is 11.1 Å². The highest BCUT2D eigenvalue weighted by Crippen LogP contribution is 2.26. The standard InChI is InChI=1S/C16H25ClN2O/c1-3-4-5-6-7-8-9-16(20)19-15-11-13(17)14(18)10-12(15)2/h10-11H,3-9,18H2,1-2H3,(H,19,20). The van der Waals surface area contributed by atoms with Crippen molar-refractivity contribution in [2.75, 3.05) is 11.1 Å². The molecular weight excluding hydrogens is 272 g/mol. The Morgan fingerprint density at radius 2 is 1.85 bits per heavy atom. The van der Waals surface area contributed by atoms with E-state index in [2.05, 4.69) is 12.2 Å². The van der Waals surface area contributed by atoms with Gasteiger partial charge in [0.2, 0.25) is 5.91 Å². The highest BCUT2D eigenvalue weighted by atomic mass is 35.5. The first-order valence-corrected chi connectivity index (χ1v) is 7.78. The van der Waals surface area contributed by atoms with Gasteiger partial charge in [0.1, 0.15) is 0 Å². The molecule has 0 fully saturated rings. The van der Waals surface area contributed by atoms with Crippen molar-refractivity contribution in [2.24, 2.45) is 0 Å². The summed E-state index contributed by atoms with van der Waals surface area (Å²) in [4.78, 5) is 11.9. The van der Waals surface area contributed by atoms with Gasteiger partial charge in [-0.05, 0) is 31.0 Å². The van der Waals surface area contributed by atoms with Crippen LogP contribution in [0.4, 0.5) is 11.4 Å². The van der Waals surface area contributed by atoms with E-state index >= 15 is 0 Å². The lowest BCUT2D eigenvalue weighted by Crippen LogP contribution is -2.12. The first-order valence-electron chi connectivity index (χ1n) is 7.40. The molecule has 1 aromatic rings. The normalized spacial score (nSPS) is 10.6. The number of hydrogen-bond acceptors (Lipinski definition) is 2. The Hall–Kier alpha value is -1.22. The zero-order chi connectivity index (χ0) is 15.0. The fourth-order valence-electron chi connectivity index (χ4n) is 2.12. The Balaban J connectivity index is 2.34. The van der Waals surface area contributed by atoms with Gasteiger partial charge in [0.25, 0.3) is 0 Å². The quantitative estimate of drug-likeness (QED) is 0.528. The molecule has 0 spiro atoms. The summed E-state index contributed by atoms with van der Waals surface area (Å²) < 4.78 is 0. The second-order valence-electron chi connectivity index (χ2n) is 5.25. The minimum Gasteiger partial charge on any atom is -0.398 e. The monoisotopic (exact) mass is 296 g/mol. The van der Waals surface area contributed by atoms with Crippen molar-refractivity contribution in [1.29, 1.82) is 0 Å². The van der Waals surface area contributed by atoms with Gasteiger partial charge in [-0.25, -0.2) is 0 Å². The average molecular weight is 297 g/mol. The summed E-state index contributed by atoms with van der Waals surface area (Å²) in [6, 6.07) is 3.49. The predicted molar refractivity (Wildman–Crippen MR) is 87.2 cm³/mol. The maximum Gasteiger partial charge on any atom is 0.224 e. The van der Waals surface area contributed by atoms with Crippen molar-refractivity contribution in [3.05, 3.63) is 22.7 Å². The molecule has 1 aromatic carbocycles. The van der Waals surface area contributed by atoms with Gasteiger partial charge in [-0.15, -0.1) is 0 Å². The largest absolute Gasteiger partial charge is 0.398 e. The van der Waals surface area contributed by atoms with Gasteiger partial charge in [0.05, 0.1) is 10.7 Å². The van der Waals surface area contributed by atoms with E-state index in [1.54, 1.807) is 12.1 Å². The minimum absolute atomic E-state index is 0.0458. The van der Waals surface area contributed by atoms with Gasteiger partial charge >= 0.3 is 0 Å². The van der Waals surface area contributed by atoms with Crippen molar-refractivity contribution in [3.63, 3.8) is 0 Å². The Morgan fingerprint density at radius 3 is 2.55 bits per heavy atom. The molecule has 0 saturated carbocycles. The lowest BCUT2D eigenvalue weighted by atomic mass is 10.1. The predicted octanol–water partition coefficient (Wildman–Crippen LogP) is 4.92. The SMILES string of the molecule is CCCCCCCCC(=O)Nc1cc(Cl)c(N)cc1C. The molecule has 0 bridgehead atoms. The molecule has 0 aliphatic heterocycles. The summed E-state index contributed by atoms with van der Waals surface area (Å²) in [6.45, 7) is 4.11. The lowest BCUT2D eigenvalue weighted by molar-refractivity contribution is -0.116. The van der Waals surface area contributed by atoms with Crippen molar-refractivity contribution >= 4 is 28.9 Å². The molecule has 0 unspecified atom stereocenters. The van der Waals surface area contributed by atoms with Crippen LogP contribution >= 0.6 is 11.6 Å². The molecule has 0 aliphatic rings. The van der Waals surface area contributed by atoms with Crippen LogP contribution in [0.1, 0.15) is 57.4 Å². The number of aryl methyl sites for hydroxylation is 1. The van der Waals surface area contributed by atoms with Crippen molar-refractivity contribution in [1.82, 2.24) is 0 Å². The topological polar surface area (TPSA) is 55.1 Å². The molecule has 112 valence electrons. The molecular formula is C16H25ClN2O. The van der Waals surface area contributed by atoms with E-state index in [0.717, 1.165) is 24.1 Å². The zero-order valence-electron chi connectivity index (χ0n) is 12.5. The highest BCUT2D eigenvalue weighted by Gasteiger charge is 2.07. The summed E-state index contributed by atoms with van der Waals surface area (Å²) in [6.07, 6.45) is 7.64. The molecule has 0 heterocycles. The minimum atomic E-state index is 0.0458. The molecule has 0 saturated heterocycles. The number of unbranched alkanes of at least 4 members (excludes halogenated alkanes) is 5. The van der Waals surface area contributed by atoms with Crippen LogP contribution in [0.25, 0.3) is 0 Å². The summed E-state index contributed by atoms with van der Waals surface area (Å²) in [5.74, 6) is 0.0458. The maximum atomic E-state index is 11.9. The van der Waals surface area contributed by atoms with Gasteiger partial charge in [-0.3, -0.25) is 4.79 Å². The van der Waals surface area contributed by atoms with Gasteiger partial charge in [-0.2, -0.15) is 0 Å². The molecule has 3 nitrogen and oxygen atoms in total. The number of anilines is 2. The summed E-state index contributed by atoms with van der Waals surface area (Å²) in [5, 5.41) is 3.38. The molecule has 1 rings (SSSR count). The third-order valence-corrected chi connectivity index (χ3v) is 3.70. The van der Waals surface area contributed by atoms with Crippen molar-refractivity contribution in [2.45, 2.75) is 58.8 Å². The number of nitrogen functional groups attached to an aromatic ring is 1. The van der Waals surface area contributed by atoms with Gasteiger partial charge in [0, 0.05) is 12.1 Å². The van der Waals surface area contributed by atoms with Crippen LogP contribution in [0, 0.1) is 6.92 Å². The molecule has 20 heavy (non-hydrogen) atoms. The zero-order valence-corrected chi connectivity index (χ0v) is 13.2. The van der Waals surface area contributed by atoms with Crippen LogP contribution in [0.15, 0.2) is 12.1 Å². The van der Waals surface area contributed by atoms with Gasteiger partial charge in [0.15, 0.2) is 0 Å². The summed E-state index contributed by atoms with van der Waals surface area (Å²) >= 11 is 5.97. The Kier molecular flexibility index (Phi) is 7.45. The third kappa shape index (κ3) is 5.83. The smallest absolute Gasteiger partial charge is 0.224 e. The second kappa shape index (κ2) is 8.85. The lowest BCUT2D eigenvalue weighted by Gasteiger charge is -2.10. The Bertz CT molecular complexity index is 446. The van der Waals surface area contributed by atoms with Gasteiger partial charge < -0.3 is 11.1 Å². The molecule has 0 radical (unpaired) electrons. The van der Waals surface area contributed by atoms with Crippen LogP contribution in [0.2, 0.25) is 5.02 Å². The molecule has 1 amide bonds. The van der Waals surface area contributed by atoms with Crippen molar-refractivity contribution < 1.29 is 4.79 Å². The number of halogens is 1. The van der Waals surface area contributed by atoms with Crippen LogP contribution in [0.5, 0.6) is 0 Å². The fraction of sp³-hybridized carbons (Fsp3) is 0.562. The van der Waals surface area contributed by atoms with Crippen LogP contribution in [0.3, 0.4) is 0 Å². The number of nitrogens with one attached hydrogen (secondary N) is 1. The average Bonchev–Trinajstić information content (AvgIpc) is 2.40. The molecule has 0 aromatic heterocycles. The van der Waals surface area contributed by atoms with E-state index in [1.165, 1.54) is 25.7 Å². The molecule has 0 atom stereocenters. The van der Waals surface area contributed by atoms with Crippen LogP contribution in [-0.2, 0) is 4.79 Å². The van der Waals surface area contributed by atoms with E-state index < -0.39 is 0 Å². The van der Waals surface area contributed by atoms with E-state index in [1.807, 2.05) is 6.92 Å². The number of rotatable bonds is 8. The summed E-state index contributed by atoms with van der Waals surface area (Å²) in [7, 11) is 0. The first kappa shape index (κ1) is 16.8. The third-order valence-electron chi connectivity index (χ3n) is 3.38. The Morgan fingerprint density at radius 1 is 1.20 bits per heavy atom. The summed E-state index contributed by atoms with van der Waals surface area (Å²) in [5.41, 5.74) is 7.94. The number of hydrogen-bond donors (Lipinski definition) is 2. The fourth-order valence-corrected chi connectivity index (χ4v) is 2.28. The maximum absolute atomic E-state index is 11.9. The first-order chi connectivity index (χ1) is 9.54. The van der Waals surface area contributed by atoms with Crippen LogP contribution in [-0.4, -0.2) is 5.91 Å².